The average molecular weight is 517 g/mol. The Labute approximate surface area is 201 Å². The van der Waals surface area contributed by atoms with E-state index in [2.05, 4.69) is 10.0 Å². The molecule has 13 heteroatoms. The molecular formula is C23H21F6N3O4. The Kier molecular flexibility index (Phi) is 8.98. The van der Waals surface area contributed by atoms with Crippen LogP contribution in [-0.2, 0) is 9.47 Å². The van der Waals surface area contributed by atoms with Crippen LogP contribution in [0.25, 0.3) is 10.4 Å². The zero-order valence-corrected chi connectivity index (χ0v) is 19.8. The molecule has 0 aliphatic heterocycles. The van der Waals surface area contributed by atoms with Gasteiger partial charge in [0.1, 0.15) is 41.7 Å². The van der Waals surface area contributed by atoms with E-state index in [1.165, 1.54) is 27.7 Å². The average Bonchev–Trinajstić information content (AvgIpc) is 2.81. The highest BCUT2D eigenvalue weighted by Gasteiger charge is 2.32. The Bertz CT molecular complexity index is 1270. The molecule has 0 heterocycles. The van der Waals surface area contributed by atoms with Crippen LogP contribution in [0.2, 0.25) is 0 Å². The number of hydrogen-bond acceptors (Lipinski definition) is 5. The molecule has 0 saturated heterocycles. The molecule has 2 rings (SSSR count). The number of benzene rings is 2. The van der Waals surface area contributed by atoms with Gasteiger partial charge in [0.2, 0.25) is 0 Å². The lowest BCUT2D eigenvalue weighted by atomic mass is 9.93. The van der Waals surface area contributed by atoms with Gasteiger partial charge in [-0.05, 0) is 24.3 Å². The van der Waals surface area contributed by atoms with Crippen LogP contribution >= 0.6 is 0 Å². The second kappa shape index (κ2) is 11.3. The minimum atomic E-state index is -1.91. The first-order valence-electron chi connectivity index (χ1n) is 10.5. The zero-order valence-electron chi connectivity index (χ0n) is 19.8. The molecule has 0 N–H and O–H groups in total. The number of esters is 2. The summed E-state index contributed by atoms with van der Waals surface area (Å²) in [5, 5.41) is 2.77. The lowest BCUT2D eigenvalue weighted by molar-refractivity contribution is 0.0256. The molecular weight excluding hydrogens is 496 g/mol. The normalized spacial score (nSPS) is 11.0. The van der Waals surface area contributed by atoms with E-state index in [0.717, 1.165) is 6.92 Å². The summed E-state index contributed by atoms with van der Waals surface area (Å²) in [6, 6.07) is 0. The molecule has 0 unspecified atom stereocenters. The SMILES string of the molecule is Cc1c(F)c(F)c(C(=O)OCCOC(=O)c2c(F)c(F)c(N=[N+]=[N-])c(F)c2C(C)C)c(C(C)C)c1F. The molecule has 0 aromatic heterocycles. The zero-order chi connectivity index (χ0) is 27.5. The van der Waals surface area contributed by atoms with Gasteiger partial charge in [0.25, 0.3) is 0 Å². The van der Waals surface area contributed by atoms with Gasteiger partial charge in [-0.3, -0.25) is 0 Å². The molecule has 0 spiro atoms. The maximum absolute atomic E-state index is 14.6. The monoisotopic (exact) mass is 517 g/mol. The molecule has 0 bridgehead atoms. The lowest BCUT2D eigenvalue weighted by Crippen LogP contribution is -2.20. The number of halogens is 6. The second-order valence-corrected chi connectivity index (χ2v) is 8.21. The Morgan fingerprint density at radius 3 is 1.58 bits per heavy atom. The van der Waals surface area contributed by atoms with E-state index in [4.69, 9.17) is 15.0 Å². The van der Waals surface area contributed by atoms with Gasteiger partial charge in [0, 0.05) is 21.6 Å². The van der Waals surface area contributed by atoms with Crippen molar-refractivity contribution in [2.75, 3.05) is 13.2 Å². The highest BCUT2D eigenvalue weighted by molar-refractivity contribution is 5.93. The molecule has 7 nitrogen and oxygen atoms in total. The van der Waals surface area contributed by atoms with Crippen LogP contribution in [0.1, 0.15) is 76.9 Å². The van der Waals surface area contributed by atoms with E-state index in [1.54, 1.807) is 0 Å². The second-order valence-electron chi connectivity index (χ2n) is 8.21. The number of azide groups is 1. The van der Waals surface area contributed by atoms with Crippen molar-refractivity contribution in [2.24, 2.45) is 5.11 Å². The number of carbonyl (C=O) groups excluding carboxylic acids is 2. The topological polar surface area (TPSA) is 101 Å². The van der Waals surface area contributed by atoms with Crippen molar-refractivity contribution in [2.45, 2.75) is 46.5 Å². The third-order valence-electron chi connectivity index (χ3n) is 5.17. The van der Waals surface area contributed by atoms with Crippen LogP contribution in [0.3, 0.4) is 0 Å². The van der Waals surface area contributed by atoms with Gasteiger partial charge in [-0.2, -0.15) is 0 Å². The van der Waals surface area contributed by atoms with Gasteiger partial charge in [0.15, 0.2) is 23.3 Å². The van der Waals surface area contributed by atoms with E-state index in [9.17, 15) is 35.9 Å². The summed E-state index contributed by atoms with van der Waals surface area (Å²) < 4.78 is 95.8. The first-order valence-corrected chi connectivity index (χ1v) is 10.5. The molecule has 194 valence electrons. The third kappa shape index (κ3) is 5.25. The number of rotatable bonds is 8. The van der Waals surface area contributed by atoms with E-state index >= 15 is 0 Å². The van der Waals surface area contributed by atoms with Gasteiger partial charge in [-0.25, -0.2) is 35.9 Å². The summed E-state index contributed by atoms with van der Waals surface area (Å²) in [4.78, 5) is 27.0. The standard InChI is InChI=1S/C23H21F6N3O4/c1-8(2)11-13(17(26)16(25)10(5)15(11)24)22(33)35-6-7-36-23(34)14-12(9(3)4)19(28)21(31-32-30)20(29)18(14)27/h8-9H,6-7H2,1-5H3. The highest BCUT2D eigenvalue weighted by atomic mass is 19.2. The van der Waals surface area contributed by atoms with Crippen molar-refractivity contribution in [3.05, 3.63) is 73.2 Å². The van der Waals surface area contributed by atoms with E-state index in [1.807, 2.05) is 0 Å². The molecule has 0 fully saturated rings. The number of hydrogen-bond donors (Lipinski definition) is 0. The highest BCUT2D eigenvalue weighted by Crippen LogP contribution is 2.36. The minimum Gasteiger partial charge on any atom is -0.458 e. The molecule has 0 aliphatic carbocycles. The van der Waals surface area contributed by atoms with Crippen molar-refractivity contribution < 1.29 is 45.4 Å². The Morgan fingerprint density at radius 2 is 1.17 bits per heavy atom. The molecule has 2 aromatic carbocycles. The van der Waals surface area contributed by atoms with Crippen molar-refractivity contribution in [1.29, 1.82) is 0 Å². The summed E-state index contributed by atoms with van der Waals surface area (Å²) in [7, 11) is 0. The molecule has 0 saturated carbocycles. The van der Waals surface area contributed by atoms with Gasteiger partial charge in [0.05, 0.1) is 0 Å². The van der Waals surface area contributed by atoms with Gasteiger partial charge >= 0.3 is 11.9 Å². The Morgan fingerprint density at radius 1 is 0.750 bits per heavy atom. The van der Waals surface area contributed by atoms with E-state index < -0.39 is 105 Å². The van der Waals surface area contributed by atoms with Crippen LogP contribution in [0, 0.1) is 41.8 Å². The molecule has 0 aliphatic rings. The van der Waals surface area contributed by atoms with Gasteiger partial charge in [-0.15, -0.1) is 0 Å². The largest absolute Gasteiger partial charge is 0.458 e. The lowest BCUT2D eigenvalue weighted by Gasteiger charge is -2.17. The van der Waals surface area contributed by atoms with Gasteiger partial charge < -0.3 is 9.47 Å². The molecule has 36 heavy (non-hydrogen) atoms. The number of carbonyl (C=O) groups is 2. The fraction of sp³-hybridized carbons (Fsp3) is 0.391. The summed E-state index contributed by atoms with van der Waals surface area (Å²) in [5.41, 5.74) is 3.48. The summed E-state index contributed by atoms with van der Waals surface area (Å²) in [6.07, 6.45) is 0. The maximum Gasteiger partial charge on any atom is 0.341 e. The predicted octanol–water partition coefficient (Wildman–Crippen LogP) is 7.03. The molecule has 2 aromatic rings. The predicted molar refractivity (Wildman–Crippen MR) is 115 cm³/mol. The first kappa shape index (κ1) is 28.5. The number of nitrogens with zero attached hydrogens (tertiary/aromatic N) is 3. The molecule has 0 radical (unpaired) electrons. The summed E-state index contributed by atoms with van der Waals surface area (Å²) in [6.45, 7) is 5.06. The van der Waals surface area contributed by atoms with Crippen LogP contribution in [-0.4, -0.2) is 25.2 Å². The van der Waals surface area contributed by atoms with Crippen molar-refractivity contribution in [3.63, 3.8) is 0 Å². The van der Waals surface area contributed by atoms with Crippen LogP contribution < -0.4 is 0 Å². The summed E-state index contributed by atoms with van der Waals surface area (Å²) in [5.74, 6) is -14.1. The Hall–Kier alpha value is -3.73. The fourth-order valence-corrected chi connectivity index (χ4v) is 3.50. The van der Waals surface area contributed by atoms with Crippen LogP contribution in [0.4, 0.5) is 32.0 Å². The number of ether oxygens (including phenoxy) is 2. The third-order valence-corrected chi connectivity index (χ3v) is 5.17. The molecule has 0 amide bonds. The quantitative estimate of drug-likeness (QED) is 0.0713. The Balaban J connectivity index is 2.26. The van der Waals surface area contributed by atoms with E-state index in [-0.39, 0.29) is 0 Å². The summed E-state index contributed by atoms with van der Waals surface area (Å²) >= 11 is 0. The van der Waals surface area contributed by atoms with Gasteiger partial charge in [-0.1, -0.05) is 32.8 Å². The molecule has 0 atom stereocenters. The van der Waals surface area contributed by atoms with E-state index in [0.29, 0.717) is 0 Å². The first-order chi connectivity index (χ1) is 16.8. The maximum atomic E-state index is 14.6. The van der Waals surface area contributed by atoms with Crippen molar-refractivity contribution in [3.8, 4) is 0 Å². The minimum absolute atomic E-state index is 0.414. The fourth-order valence-electron chi connectivity index (χ4n) is 3.50. The smallest absolute Gasteiger partial charge is 0.341 e. The van der Waals surface area contributed by atoms with Crippen LogP contribution in [0.15, 0.2) is 5.11 Å². The van der Waals surface area contributed by atoms with Crippen molar-refractivity contribution in [1.82, 2.24) is 0 Å². The van der Waals surface area contributed by atoms with Crippen molar-refractivity contribution >= 4 is 17.6 Å². The van der Waals surface area contributed by atoms with Crippen LogP contribution in [0.5, 0.6) is 0 Å².